The van der Waals surface area contributed by atoms with Crippen LogP contribution in [-0.4, -0.2) is 16.6 Å². The van der Waals surface area contributed by atoms with Crippen LogP contribution in [0.15, 0.2) is 23.4 Å². The fourth-order valence-electron chi connectivity index (χ4n) is 2.69. The van der Waals surface area contributed by atoms with Gasteiger partial charge in [0.2, 0.25) is 0 Å². The van der Waals surface area contributed by atoms with E-state index in [9.17, 15) is 4.39 Å². The Morgan fingerprint density at radius 3 is 2.43 bits per heavy atom. The molecular formula is C16H26FN3O. The summed E-state index contributed by atoms with van der Waals surface area (Å²) in [5, 5.41) is 14.9. The number of nitrogens with two attached hydrogens (primary N) is 1. The second-order valence-electron chi connectivity index (χ2n) is 7.24. The Morgan fingerprint density at radius 2 is 1.90 bits per heavy atom. The molecule has 4 nitrogen and oxygen atoms in total. The van der Waals surface area contributed by atoms with Crippen molar-refractivity contribution in [3.8, 4) is 0 Å². The maximum Gasteiger partial charge on any atom is 0.173 e. The molecule has 21 heavy (non-hydrogen) atoms. The van der Waals surface area contributed by atoms with Gasteiger partial charge in [-0.15, -0.1) is 0 Å². The average Bonchev–Trinajstić information content (AvgIpc) is 2.34. The van der Waals surface area contributed by atoms with Crippen LogP contribution in [0.25, 0.3) is 0 Å². The van der Waals surface area contributed by atoms with Crippen molar-refractivity contribution in [3.63, 3.8) is 0 Å². The van der Waals surface area contributed by atoms with Crippen LogP contribution in [0, 0.1) is 11.2 Å². The van der Waals surface area contributed by atoms with Crippen molar-refractivity contribution in [1.82, 2.24) is 5.32 Å². The van der Waals surface area contributed by atoms with Crippen LogP contribution >= 0.6 is 0 Å². The molecule has 0 aliphatic rings. The van der Waals surface area contributed by atoms with E-state index >= 15 is 0 Å². The predicted octanol–water partition coefficient (Wildman–Crippen LogP) is 3.22. The van der Waals surface area contributed by atoms with Crippen molar-refractivity contribution in [2.45, 2.75) is 53.1 Å². The summed E-state index contributed by atoms with van der Waals surface area (Å²) in [6.07, 6.45) is 0.960. The topological polar surface area (TPSA) is 70.6 Å². The van der Waals surface area contributed by atoms with E-state index in [1.807, 2.05) is 0 Å². The monoisotopic (exact) mass is 295 g/mol. The lowest BCUT2D eigenvalue weighted by Gasteiger charge is -2.33. The molecule has 4 N–H and O–H groups in total. The Hall–Kier alpha value is -1.62. The van der Waals surface area contributed by atoms with Gasteiger partial charge in [-0.3, -0.25) is 0 Å². The molecule has 0 aliphatic heterocycles. The molecule has 0 saturated carbocycles. The number of oxime groups is 1. The number of nitrogens with zero attached hydrogens (tertiary/aromatic N) is 1. The van der Waals surface area contributed by atoms with Gasteiger partial charge in [-0.2, -0.15) is 0 Å². The van der Waals surface area contributed by atoms with Crippen molar-refractivity contribution in [3.05, 3.63) is 35.1 Å². The van der Waals surface area contributed by atoms with Crippen LogP contribution in [0.5, 0.6) is 0 Å². The van der Waals surface area contributed by atoms with Gasteiger partial charge >= 0.3 is 0 Å². The van der Waals surface area contributed by atoms with Crippen LogP contribution in [0.3, 0.4) is 0 Å². The highest BCUT2D eigenvalue weighted by Gasteiger charge is 2.25. The molecule has 1 aromatic rings. The number of nitrogens with one attached hydrogen (secondary N) is 1. The van der Waals surface area contributed by atoms with Gasteiger partial charge in [-0.1, -0.05) is 38.1 Å². The minimum Gasteiger partial charge on any atom is -0.409 e. The van der Waals surface area contributed by atoms with Gasteiger partial charge in [-0.05, 0) is 31.7 Å². The Labute approximate surface area is 126 Å². The molecule has 0 heterocycles. The smallest absolute Gasteiger partial charge is 0.173 e. The van der Waals surface area contributed by atoms with Gasteiger partial charge in [0, 0.05) is 17.6 Å². The van der Waals surface area contributed by atoms with E-state index in [0.29, 0.717) is 12.1 Å². The molecule has 0 radical (unpaired) electrons. The van der Waals surface area contributed by atoms with Crippen LogP contribution in [0.4, 0.5) is 4.39 Å². The van der Waals surface area contributed by atoms with E-state index in [2.05, 4.69) is 45.1 Å². The summed E-state index contributed by atoms with van der Waals surface area (Å²) in [6, 6.07) is 4.89. The van der Waals surface area contributed by atoms with Crippen molar-refractivity contribution >= 4 is 5.84 Å². The standard InChI is InChI=1S/C16H26FN3O/c1-15(2,3)10-16(4,5)19-9-11-7-6-8-12(13(11)17)14(18)20-21/h6-8,19,21H,9-10H2,1-5H3,(H2,18,20). The third-order valence-electron chi connectivity index (χ3n) is 3.19. The van der Waals surface area contributed by atoms with Gasteiger partial charge < -0.3 is 16.3 Å². The van der Waals surface area contributed by atoms with Crippen LogP contribution in [0.1, 0.15) is 52.2 Å². The summed E-state index contributed by atoms with van der Waals surface area (Å²) in [5.74, 6) is -0.671. The van der Waals surface area contributed by atoms with Gasteiger partial charge in [0.15, 0.2) is 5.84 Å². The summed E-state index contributed by atoms with van der Waals surface area (Å²) >= 11 is 0. The summed E-state index contributed by atoms with van der Waals surface area (Å²) < 4.78 is 14.3. The highest BCUT2D eigenvalue weighted by Crippen LogP contribution is 2.27. The summed E-state index contributed by atoms with van der Waals surface area (Å²) in [4.78, 5) is 0. The third kappa shape index (κ3) is 5.34. The maximum absolute atomic E-state index is 14.3. The van der Waals surface area contributed by atoms with Crippen molar-refractivity contribution in [1.29, 1.82) is 0 Å². The van der Waals surface area contributed by atoms with E-state index in [1.165, 1.54) is 6.07 Å². The second-order valence-corrected chi connectivity index (χ2v) is 7.24. The Balaban J connectivity index is 2.86. The highest BCUT2D eigenvalue weighted by atomic mass is 19.1. The van der Waals surface area contributed by atoms with E-state index in [1.54, 1.807) is 12.1 Å². The number of amidine groups is 1. The van der Waals surface area contributed by atoms with Gasteiger partial charge in [0.25, 0.3) is 0 Å². The third-order valence-corrected chi connectivity index (χ3v) is 3.19. The molecule has 0 unspecified atom stereocenters. The first-order valence-electron chi connectivity index (χ1n) is 7.06. The molecule has 0 bridgehead atoms. The summed E-state index contributed by atoms with van der Waals surface area (Å²) in [5.41, 5.74) is 6.16. The number of hydrogen-bond donors (Lipinski definition) is 3. The molecule has 0 saturated heterocycles. The molecule has 1 aromatic carbocycles. The fraction of sp³-hybridized carbons (Fsp3) is 0.562. The molecule has 118 valence electrons. The molecular weight excluding hydrogens is 269 g/mol. The SMILES string of the molecule is CC(C)(C)CC(C)(C)NCc1cccc(/C(N)=N/O)c1F. The highest BCUT2D eigenvalue weighted by molar-refractivity contribution is 5.97. The molecule has 0 spiro atoms. The molecule has 0 aromatic heterocycles. The lowest BCUT2D eigenvalue weighted by Crippen LogP contribution is -2.42. The molecule has 5 heteroatoms. The second kappa shape index (κ2) is 6.43. The first-order chi connectivity index (χ1) is 9.56. The number of hydrogen-bond acceptors (Lipinski definition) is 3. The largest absolute Gasteiger partial charge is 0.409 e. The Morgan fingerprint density at radius 1 is 1.29 bits per heavy atom. The average molecular weight is 295 g/mol. The fourth-order valence-corrected chi connectivity index (χ4v) is 2.69. The Kier molecular flexibility index (Phi) is 5.34. The number of benzene rings is 1. The quantitative estimate of drug-likeness (QED) is 0.338. The minimum absolute atomic E-state index is 0.114. The number of rotatable bonds is 5. The Bertz CT molecular complexity index is 519. The zero-order valence-electron chi connectivity index (χ0n) is 13.5. The lowest BCUT2D eigenvalue weighted by molar-refractivity contribution is 0.240. The van der Waals surface area contributed by atoms with Crippen LogP contribution < -0.4 is 11.1 Å². The molecule has 0 amide bonds. The summed E-state index contributed by atoms with van der Waals surface area (Å²) in [7, 11) is 0. The molecule has 0 aliphatic carbocycles. The molecule has 0 fully saturated rings. The minimum atomic E-state index is -0.452. The number of halogens is 1. The maximum atomic E-state index is 14.3. The van der Waals surface area contributed by atoms with Crippen molar-refractivity contribution < 1.29 is 9.60 Å². The zero-order chi connectivity index (χ0) is 16.3. The van der Waals surface area contributed by atoms with Crippen molar-refractivity contribution in [2.24, 2.45) is 16.3 Å². The van der Waals surface area contributed by atoms with E-state index in [-0.39, 0.29) is 22.4 Å². The van der Waals surface area contributed by atoms with Gasteiger partial charge in [-0.25, -0.2) is 4.39 Å². The van der Waals surface area contributed by atoms with Crippen LogP contribution in [-0.2, 0) is 6.54 Å². The first kappa shape index (κ1) is 17.4. The van der Waals surface area contributed by atoms with E-state index in [0.717, 1.165) is 6.42 Å². The molecule has 1 rings (SSSR count). The predicted molar refractivity (Wildman–Crippen MR) is 83.9 cm³/mol. The van der Waals surface area contributed by atoms with Gasteiger partial charge in [0.05, 0.1) is 5.56 Å². The lowest BCUT2D eigenvalue weighted by atomic mass is 9.81. The molecule has 0 atom stereocenters. The van der Waals surface area contributed by atoms with E-state index < -0.39 is 5.82 Å². The van der Waals surface area contributed by atoms with Crippen LogP contribution in [0.2, 0.25) is 0 Å². The first-order valence-corrected chi connectivity index (χ1v) is 7.06. The van der Waals surface area contributed by atoms with Crippen molar-refractivity contribution in [2.75, 3.05) is 0 Å². The van der Waals surface area contributed by atoms with Gasteiger partial charge in [0.1, 0.15) is 5.82 Å². The zero-order valence-corrected chi connectivity index (χ0v) is 13.5. The van der Waals surface area contributed by atoms with E-state index in [4.69, 9.17) is 10.9 Å². The summed E-state index contributed by atoms with van der Waals surface area (Å²) in [6.45, 7) is 11.1. The normalized spacial score (nSPS) is 13.5.